The molecule has 1 N–H and O–H groups in total. The summed E-state index contributed by atoms with van der Waals surface area (Å²) in [6.45, 7) is 2.96. The van der Waals surface area contributed by atoms with Gasteiger partial charge < -0.3 is 5.32 Å². The van der Waals surface area contributed by atoms with Crippen LogP contribution in [0.4, 0.5) is 5.82 Å². The van der Waals surface area contributed by atoms with Crippen molar-refractivity contribution < 1.29 is 0 Å². The zero-order valence-corrected chi connectivity index (χ0v) is 16.7. The van der Waals surface area contributed by atoms with Crippen LogP contribution < -0.4 is 5.32 Å². The molecule has 0 aliphatic carbocycles. The Hall–Kier alpha value is -2.50. The van der Waals surface area contributed by atoms with E-state index in [1.54, 1.807) is 0 Å². The van der Waals surface area contributed by atoms with Gasteiger partial charge in [0, 0.05) is 54.6 Å². The molecule has 0 bridgehead atoms. The van der Waals surface area contributed by atoms with Crippen molar-refractivity contribution >= 4 is 17.4 Å². The van der Waals surface area contributed by atoms with Crippen molar-refractivity contribution in [2.45, 2.75) is 25.3 Å². The number of rotatable bonds is 5. The Morgan fingerprint density at radius 1 is 1.21 bits per heavy atom. The Morgan fingerprint density at radius 3 is 3.00 bits per heavy atom. The highest BCUT2D eigenvalue weighted by Crippen LogP contribution is 2.29. The molecular weight excluding hydrogens is 370 g/mol. The largest absolute Gasteiger partial charge is 0.373 e. The van der Waals surface area contributed by atoms with E-state index in [-0.39, 0.29) is 0 Å². The number of aromatic nitrogens is 3. The van der Waals surface area contributed by atoms with Gasteiger partial charge in [0.2, 0.25) is 0 Å². The molecule has 28 heavy (non-hydrogen) atoms. The minimum Gasteiger partial charge on any atom is -0.373 e. The van der Waals surface area contributed by atoms with Gasteiger partial charge in [-0.05, 0) is 37.6 Å². The highest BCUT2D eigenvalue weighted by atomic mass is 35.5. The van der Waals surface area contributed by atoms with Gasteiger partial charge in [-0.1, -0.05) is 29.8 Å². The number of piperidine rings is 1. The molecule has 4 rings (SSSR count). The lowest BCUT2D eigenvalue weighted by atomic mass is 9.94. The molecule has 0 unspecified atom stereocenters. The maximum absolute atomic E-state index is 6.14. The van der Waals surface area contributed by atoms with Crippen molar-refractivity contribution in [2.75, 3.05) is 25.5 Å². The zero-order valence-electron chi connectivity index (χ0n) is 16.0. The van der Waals surface area contributed by atoms with Gasteiger partial charge in [0.1, 0.15) is 5.82 Å². The van der Waals surface area contributed by atoms with E-state index < -0.39 is 0 Å². The molecule has 5 nitrogen and oxygen atoms in total. The number of pyridine rings is 1. The SMILES string of the molecule is CNc1ncccc1CN1CCC[C@@H](c2cncc(-c3cccc(Cl)c3)n2)C1. The molecule has 0 spiro atoms. The molecule has 3 heterocycles. The smallest absolute Gasteiger partial charge is 0.130 e. The number of nitrogens with zero attached hydrogens (tertiary/aromatic N) is 4. The normalized spacial score (nSPS) is 17.4. The molecule has 3 aromatic rings. The fraction of sp³-hybridized carbons (Fsp3) is 0.318. The minimum absolute atomic E-state index is 0.384. The van der Waals surface area contributed by atoms with Crippen molar-refractivity contribution in [2.24, 2.45) is 0 Å². The van der Waals surface area contributed by atoms with Gasteiger partial charge in [-0.25, -0.2) is 9.97 Å². The lowest BCUT2D eigenvalue weighted by Crippen LogP contribution is -2.34. The fourth-order valence-electron chi connectivity index (χ4n) is 3.84. The number of nitrogens with one attached hydrogen (secondary N) is 1. The third-order valence-corrected chi connectivity index (χ3v) is 5.45. The number of benzene rings is 1. The van der Waals surface area contributed by atoms with Crippen LogP contribution in [0.15, 0.2) is 55.0 Å². The Morgan fingerprint density at radius 2 is 2.14 bits per heavy atom. The molecule has 0 saturated carbocycles. The summed E-state index contributed by atoms with van der Waals surface area (Å²) in [7, 11) is 1.92. The number of anilines is 1. The first-order valence-electron chi connectivity index (χ1n) is 9.65. The van der Waals surface area contributed by atoms with E-state index in [9.17, 15) is 0 Å². The molecule has 1 atom stereocenters. The van der Waals surface area contributed by atoms with Crippen molar-refractivity contribution in [1.82, 2.24) is 19.9 Å². The van der Waals surface area contributed by atoms with Crippen LogP contribution in [-0.2, 0) is 6.54 Å². The molecule has 1 aliphatic heterocycles. The van der Waals surface area contributed by atoms with Crippen LogP contribution >= 0.6 is 11.6 Å². The molecule has 1 saturated heterocycles. The number of hydrogen-bond acceptors (Lipinski definition) is 5. The van der Waals surface area contributed by atoms with Crippen LogP contribution in [0.3, 0.4) is 0 Å². The minimum atomic E-state index is 0.384. The first-order chi connectivity index (χ1) is 13.7. The van der Waals surface area contributed by atoms with Crippen LogP contribution in [0, 0.1) is 0 Å². The summed E-state index contributed by atoms with van der Waals surface area (Å²) in [5.41, 5.74) is 4.16. The zero-order chi connectivity index (χ0) is 19.3. The summed E-state index contributed by atoms with van der Waals surface area (Å²) >= 11 is 6.14. The first-order valence-corrected chi connectivity index (χ1v) is 10.0. The fourth-order valence-corrected chi connectivity index (χ4v) is 4.03. The molecule has 144 valence electrons. The number of likely N-dealkylation sites (tertiary alicyclic amines) is 1. The lowest BCUT2D eigenvalue weighted by Gasteiger charge is -2.32. The third kappa shape index (κ3) is 4.32. The predicted octanol–water partition coefficient (Wildman–Crippen LogP) is 4.61. The van der Waals surface area contributed by atoms with Gasteiger partial charge in [-0.2, -0.15) is 0 Å². The second-order valence-corrected chi connectivity index (χ2v) is 7.61. The standard InChI is InChI=1S/C22H24ClN5/c1-24-22-18(6-3-9-26-22)15-28-10-4-7-17(14-28)21-13-25-12-20(27-21)16-5-2-8-19(23)11-16/h2-3,5-6,8-9,11-13,17H,4,7,10,14-15H2,1H3,(H,24,26)/t17-/m1/s1. The molecule has 1 fully saturated rings. The van der Waals surface area contributed by atoms with Gasteiger partial charge in [-0.15, -0.1) is 0 Å². The average molecular weight is 394 g/mol. The van der Waals surface area contributed by atoms with Crippen LogP contribution in [0.5, 0.6) is 0 Å². The number of hydrogen-bond donors (Lipinski definition) is 1. The third-order valence-electron chi connectivity index (χ3n) is 5.22. The van der Waals surface area contributed by atoms with E-state index in [2.05, 4.69) is 26.3 Å². The van der Waals surface area contributed by atoms with Crippen molar-refractivity contribution in [3.63, 3.8) is 0 Å². The average Bonchev–Trinajstić information content (AvgIpc) is 2.74. The van der Waals surface area contributed by atoms with E-state index in [1.165, 1.54) is 5.56 Å². The Balaban J connectivity index is 1.51. The molecular formula is C22H24ClN5. The second-order valence-electron chi connectivity index (χ2n) is 7.17. The molecule has 1 aromatic carbocycles. The maximum Gasteiger partial charge on any atom is 0.130 e. The molecule has 6 heteroatoms. The van der Waals surface area contributed by atoms with E-state index in [4.69, 9.17) is 16.6 Å². The highest BCUT2D eigenvalue weighted by molar-refractivity contribution is 6.30. The van der Waals surface area contributed by atoms with E-state index in [0.717, 1.165) is 55.2 Å². The van der Waals surface area contributed by atoms with Crippen LogP contribution in [-0.4, -0.2) is 40.0 Å². The Bertz CT molecular complexity index is 945. The summed E-state index contributed by atoms with van der Waals surface area (Å²) in [6.07, 6.45) is 7.83. The van der Waals surface area contributed by atoms with Gasteiger partial charge in [0.25, 0.3) is 0 Å². The highest BCUT2D eigenvalue weighted by Gasteiger charge is 2.23. The first kappa shape index (κ1) is 18.8. The quantitative estimate of drug-likeness (QED) is 0.685. The maximum atomic E-state index is 6.14. The summed E-state index contributed by atoms with van der Waals surface area (Å²) in [5.74, 6) is 1.34. The summed E-state index contributed by atoms with van der Waals surface area (Å²) in [5, 5.41) is 3.90. The Labute approximate surface area is 170 Å². The monoisotopic (exact) mass is 393 g/mol. The summed E-state index contributed by atoms with van der Waals surface area (Å²) in [4.78, 5) is 16.3. The number of halogens is 1. The molecule has 0 amide bonds. The van der Waals surface area contributed by atoms with Crippen molar-refractivity contribution in [3.05, 3.63) is 71.3 Å². The predicted molar refractivity (Wildman–Crippen MR) is 114 cm³/mol. The topological polar surface area (TPSA) is 53.9 Å². The van der Waals surface area contributed by atoms with E-state index in [0.29, 0.717) is 10.9 Å². The van der Waals surface area contributed by atoms with Gasteiger partial charge in [0.15, 0.2) is 0 Å². The Kier molecular flexibility index (Phi) is 5.84. The van der Waals surface area contributed by atoms with E-state index >= 15 is 0 Å². The summed E-state index contributed by atoms with van der Waals surface area (Å²) < 4.78 is 0. The molecule has 1 aliphatic rings. The van der Waals surface area contributed by atoms with Crippen LogP contribution in [0.1, 0.15) is 30.0 Å². The molecule has 2 aromatic heterocycles. The van der Waals surface area contributed by atoms with Gasteiger partial charge >= 0.3 is 0 Å². The lowest BCUT2D eigenvalue weighted by molar-refractivity contribution is 0.198. The van der Waals surface area contributed by atoms with Crippen LogP contribution in [0.2, 0.25) is 5.02 Å². The van der Waals surface area contributed by atoms with Crippen LogP contribution in [0.25, 0.3) is 11.3 Å². The molecule has 0 radical (unpaired) electrons. The van der Waals surface area contributed by atoms with Gasteiger partial charge in [0.05, 0.1) is 17.6 Å². The van der Waals surface area contributed by atoms with Crippen molar-refractivity contribution in [3.8, 4) is 11.3 Å². The summed E-state index contributed by atoms with van der Waals surface area (Å²) in [6, 6.07) is 11.9. The van der Waals surface area contributed by atoms with E-state index in [1.807, 2.05) is 56.0 Å². The van der Waals surface area contributed by atoms with Crippen molar-refractivity contribution in [1.29, 1.82) is 0 Å². The second kappa shape index (κ2) is 8.67. The van der Waals surface area contributed by atoms with Gasteiger partial charge in [-0.3, -0.25) is 9.88 Å².